The van der Waals surface area contributed by atoms with Gasteiger partial charge in [-0.15, -0.1) is 0 Å². The summed E-state index contributed by atoms with van der Waals surface area (Å²) in [6.45, 7) is 6.14. The van der Waals surface area contributed by atoms with E-state index in [9.17, 15) is 22.8 Å². The van der Waals surface area contributed by atoms with Gasteiger partial charge in [0, 0.05) is 13.1 Å². The number of rotatable bonds is 5. The molecule has 0 radical (unpaired) electrons. The molecule has 0 saturated carbocycles. The Balaban J connectivity index is 1.95. The van der Waals surface area contributed by atoms with Gasteiger partial charge in [-0.3, -0.25) is 14.5 Å². The third-order valence-corrected chi connectivity index (χ3v) is 4.45. The molecule has 1 aliphatic heterocycles. The number of nitrogens with one attached hydrogen (secondary N) is 1. The molecule has 0 unspecified atom stereocenters. The Bertz CT molecular complexity index is 707. The number of nitrogens with zero attached hydrogens (tertiary/aromatic N) is 2. The molecule has 150 valence electrons. The molecule has 1 saturated heterocycles. The zero-order chi connectivity index (χ0) is 20.3. The fourth-order valence-electron chi connectivity index (χ4n) is 2.99. The number of hydrogen-bond acceptors (Lipinski definition) is 4. The summed E-state index contributed by atoms with van der Waals surface area (Å²) in [6.07, 6.45) is -0.148. The predicted octanol–water partition coefficient (Wildman–Crippen LogP) is 2.00. The van der Waals surface area contributed by atoms with E-state index >= 15 is 0 Å². The average molecular weight is 387 g/mol. The molecule has 6 nitrogen and oxygen atoms in total. The van der Waals surface area contributed by atoms with Crippen LogP contribution in [0.15, 0.2) is 12.1 Å². The van der Waals surface area contributed by atoms with Crippen molar-refractivity contribution in [3.63, 3.8) is 0 Å². The summed E-state index contributed by atoms with van der Waals surface area (Å²) in [6, 6.07) is 1.07. The SMILES string of the molecule is C[C@@H]1CN(C(=O)[C@@H](C)N(C)CC(=O)Nc2ccc(F)c(F)c2F)C[C@H](C)O1. The molecule has 27 heavy (non-hydrogen) atoms. The van der Waals surface area contributed by atoms with Crippen molar-refractivity contribution in [1.82, 2.24) is 9.80 Å². The van der Waals surface area contributed by atoms with Crippen LogP contribution in [0.3, 0.4) is 0 Å². The van der Waals surface area contributed by atoms with Crippen molar-refractivity contribution in [2.45, 2.75) is 39.0 Å². The molecular formula is C18H24F3N3O3. The maximum Gasteiger partial charge on any atom is 0.239 e. The molecule has 1 aromatic rings. The smallest absolute Gasteiger partial charge is 0.239 e. The highest BCUT2D eigenvalue weighted by Crippen LogP contribution is 2.19. The molecule has 1 heterocycles. The van der Waals surface area contributed by atoms with Gasteiger partial charge in [0.05, 0.1) is 30.5 Å². The van der Waals surface area contributed by atoms with Crippen molar-refractivity contribution in [3.05, 3.63) is 29.6 Å². The average Bonchev–Trinajstić information content (AvgIpc) is 2.60. The third-order valence-electron chi connectivity index (χ3n) is 4.45. The minimum absolute atomic E-state index is 0.0742. The number of anilines is 1. The molecule has 3 atom stereocenters. The number of ether oxygens (including phenoxy) is 1. The van der Waals surface area contributed by atoms with Crippen LogP contribution in [0.4, 0.5) is 18.9 Å². The lowest BCUT2D eigenvalue weighted by atomic mass is 10.2. The molecule has 0 aliphatic carbocycles. The zero-order valence-corrected chi connectivity index (χ0v) is 15.8. The van der Waals surface area contributed by atoms with Crippen LogP contribution in [0.25, 0.3) is 0 Å². The van der Waals surface area contributed by atoms with Crippen LogP contribution in [0.2, 0.25) is 0 Å². The first-order valence-electron chi connectivity index (χ1n) is 8.68. The maximum absolute atomic E-state index is 13.6. The van der Waals surface area contributed by atoms with Crippen LogP contribution in [0.1, 0.15) is 20.8 Å². The second kappa shape index (κ2) is 8.71. The first-order valence-corrected chi connectivity index (χ1v) is 8.68. The molecule has 2 amide bonds. The molecular weight excluding hydrogens is 363 g/mol. The van der Waals surface area contributed by atoms with Crippen LogP contribution < -0.4 is 5.32 Å². The van der Waals surface area contributed by atoms with Crippen LogP contribution in [-0.4, -0.2) is 66.5 Å². The second-order valence-electron chi connectivity index (χ2n) is 6.86. The van der Waals surface area contributed by atoms with Crippen LogP contribution in [0, 0.1) is 17.5 Å². The summed E-state index contributed by atoms with van der Waals surface area (Å²) in [7, 11) is 1.58. The van der Waals surface area contributed by atoms with Crippen molar-refractivity contribution in [1.29, 1.82) is 0 Å². The Labute approximate surface area is 156 Å². The number of amides is 2. The van der Waals surface area contributed by atoms with E-state index in [1.165, 1.54) is 4.90 Å². The van der Waals surface area contributed by atoms with Gasteiger partial charge in [0.1, 0.15) is 0 Å². The molecule has 0 bridgehead atoms. The van der Waals surface area contributed by atoms with Gasteiger partial charge in [-0.25, -0.2) is 13.2 Å². The Hall–Kier alpha value is -2.13. The van der Waals surface area contributed by atoms with E-state index in [0.29, 0.717) is 13.1 Å². The van der Waals surface area contributed by atoms with Crippen LogP contribution >= 0.6 is 0 Å². The van der Waals surface area contributed by atoms with E-state index in [1.807, 2.05) is 13.8 Å². The molecule has 1 N–H and O–H groups in total. The number of carbonyl (C=O) groups excluding carboxylic acids is 2. The lowest BCUT2D eigenvalue weighted by molar-refractivity contribution is -0.148. The van der Waals surface area contributed by atoms with E-state index in [0.717, 1.165) is 12.1 Å². The van der Waals surface area contributed by atoms with Crippen molar-refractivity contribution >= 4 is 17.5 Å². The van der Waals surface area contributed by atoms with Gasteiger partial charge in [0.15, 0.2) is 17.5 Å². The monoisotopic (exact) mass is 387 g/mol. The van der Waals surface area contributed by atoms with Gasteiger partial charge in [0.2, 0.25) is 11.8 Å². The van der Waals surface area contributed by atoms with E-state index in [2.05, 4.69) is 5.32 Å². The molecule has 0 aromatic heterocycles. The Morgan fingerprint density at radius 3 is 2.41 bits per heavy atom. The van der Waals surface area contributed by atoms with Crippen molar-refractivity contribution < 1.29 is 27.5 Å². The van der Waals surface area contributed by atoms with Crippen LogP contribution in [0.5, 0.6) is 0 Å². The fraction of sp³-hybridized carbons (Fsp3) is 0.556. The van der Waals surface area contributed by atoms with E-state index in [1.54, 1.807) is 18.9 Å². The summed E-state index contributed by atoms with van der Waals surface area (Å²) in [5, 5.41) is 2.19. The highest BCUT2D eigenvalue weighted by molar-refractivity contribution is 5.93. The molecule has 1 aromatic carbocycles. The highest BCUT2D eigenvalue weighted by atomic mass is 19.2. The van der Waals surface area contributed by atoms with Gasteiger partial charge in [-0.2, -0.15) is 0 Å². The number of likely N-dealkylation sites (N-methyl/N-ethyl adjacent to an activating group) is 1. The Kier molecular flexibility index (Phi) is 6.83. The van der Waals surface area contributed by atoms with Gasteiger partial charge in [-0.05, 0) is 40.0 Å². The minimum Gasteiger partial charge on any atom is -0.372 e. The number of benzene rings is 1. The second-order valence-corrected chi connectivity index (χ2v) is 6.86. The fourth-order valence-corrected chi connectivity index (χ4v) is 2.99. The summed E-state index contributed by atoms with van der Waals surface area (Å²) < 4.78 is 45.4. The molecule has 0 spiro atoms. The lowest BCUT2D eigenvalue weighted by Crippen LogP contribution is -2.54. The normalized spacial score (nSPS) is 21.3. The van der Waals surface area contributed by atoms with E-state index < -0.39 is 35.1 Å². The van der Waals surface area contributed by atoms with Gasteiger partial charge >= 0.3 is 0 Å². The quantitative estimate of drug-likeness (QED) is 0.785. The first kappa shape index (κ1) is 21.2. The Morgan fingerprint density at radius 1 is 1.22 bits per heavy atom. The Morgan fingerprint density at radius 2 is 1.81 bits per heavy atom. The minimum atomic E-state index is -1.65. The molecule has 2 rings (SSSR count). The lowest BCUT2D eigenvalue weighted by Gasteiger charge is -2.38. The van der Waals surface area contributed by atoms with Crippen molar-refractivity contribution in [2.24, 2.45) is 0 Å². The van der Waals surface area contributed by atoms with E-state index in [-0.39, 0.29) is 24.7 Å². The van der Waals surface area contributed by atoms with Gasteiger partial charge in [0.25, 0.3) is 0 Å². The van der Waals surface area contributed by atoms with Gasteiger partial charge in [-0.1, -0.05) is 0 Å². The van der Waals surface area contributed by atoms with E-state index in [4.69, 9.17) is 4.74 Å². The number of hydrogen-bond donors (Lipinski definition) is 1. The number of morpholine rings is 1. The first-order chi connectivity index (χ1) is 12.6. The molecule has 9 heteroatoms. The predicted molar refractivity (Wildman–Crippen MR) is 93.6 cm³/mol. The molecule has 1 aliphatic rings. The standard InChI is InChI=1S/C18H24F3N3O3/c1-10-7-24(8-11(2)27-10)18(26)12(3)23(4)9-15(25)22-14-6-5-13(19)16(20)17(14)21/h5-6,10-12H,7-9H2,1-4H3,(H,22,25)/t10-,11+,12-/m1/s1. The highest BCUT2D eigenvalue weighted by Gasteiger charge is 2.30. The number of carbonyl (C=O) groups is 2. The summed E-state index contributed by atoms with van der Waals surface area (Å²) in [4.78, 5) is 27.9. The maximum atomic E-state index is 13.6. The van der Waals surface area contributed by atoms with Gasteiger partial charge < -0.3 is 15.0 Å². The zero-order valence-electron chi connectivity index (χ0n) is 15.8. The number of halogens is 3. The summed E-state index contributed by atoms with van der Waals surface area (Å²) in [5.41, 5.74) is -0.456. The molecule has 1 fully saturated rings. The van der Waals surface area contributed by atoms with Crippen molar-refractivity contribution in [2.75, 3.05) is 32.0 Å². The van der Waals surface area contributed by atoms with Crippen LogP contribution in [-0.2, 0) is 14.3 Å². The van der Waals surface area contributed by atoms with Crippen molar-refractivity contribution in [3.8, 4) is 0 Å². The third kappa shape index (κ3) is 5.20. The summed E-state index contributed by atoms with van der Waals surface area (Å²) >= 11 is 0. The summed E-state index contributed by atoms with van der Waals surface area (Å²) in [5.74, 6) is -5.25. The largest absolute Gasteiger partial charge is 0.372 e. The topological polar surface area (TPSA) is 61.9 Å².